The molecule has 0 saturated carbocycles. The van der Waals surface area contributed by atoms with E-state index in [4.69, 9.17) is 5.21 Å². The van der Waals surface area contributed by atoms with E-state index >= 15 is 0 Å². The fraction of sp³-hybridized carbons (Fsp3) is 0.364. The fourth-order valence-corrected chi connectivity index (χ4v) is 3.81. The molecule has 1 fully saturated rings. The third-order valence-electron chi connectivity index (χ3n) is 5.48. The Bertz CT molecular complexity index is 1030. The van der Waals surface area contributed by atoms with E-state index in [0.717, 1.165) is 4.90 Å². The smallest absolute Gasteiger partial charge is 0.411 e. The lowest BCUT2D eigenvalue weighted by molar-refractivity contribution is -0.143. The number of oxime groups is 1. The number of halogens is 7. The summed E-state index contributed by atoms with van der Waals surface area (Å²) in [6.07, 6.45) is -9.66. The molecule has 184 valence electrons. The van der Waals surface area contributed by atoms with Crippen LogP contribution in [0.5, 0.6) is 0 Å². The molecule has 1 heterocycles. The Morgan fingerprint density at radius 3 is 2.12 bits per heavy atom. The Kier molecular flexibility index (Phi) is 7.08. The number of amides is 2. The van der Waals surface area contributed by atoms with Crippen LogP contribution < -0.4 is 0 Å². The second-order valence-electron chi connectivity index (χ2n) is 7.93. The van der Waals surface area contributed by atoms with E-state index in [1.807, 2.05) is 0 Å². The molecular weight excluding hydrogens is 471 g/mol. The molecule has 2 amide bonds. The molecule has 1 atom stereocenters. The topological polar surface area (TPSA) is 56.1 Å². The van der Waals surface area contributed by atoms with Gasteiger partial charge in [-0.2, -0.15) is 26.3 Å². The van der Waals surface area contributed by atoms with Crippen molar-refractivity contribution in [3.05, 3.63) is 70.5 Å². The molecule has 2 aromatic carbocycles. The van der Waals surface area contributed by atoms with E-state index in [1.54, 1.807) is 0 Å². The largest absolute Gasteiger partial charge is 0.416 e. The average molecular weight is 491 g/mol. The van der Waals surface area contributed by atoms with Gasteiger partial charge < -0.3 is 15.0 Å². The molecule has 0 bridgehead atoms. The summed E-state index contributed by atoms with van der Waals surface area (Å²) >= 11 is 0. The quantitative estimate of drug-likeness (QED) is 0.321. The molecule has 3 rings (SSSR count). The van der Waals surface area contributed by atoms with Gasteiger partial charge in [0.2, 0.25) is 0 Å². The number of benzene rings is 2. The van der Waals surface area contributed by atoms with Gasteiger partial charge in [-0.05, 0) is 41.5 Å². The Morgan fingerprint density at radius 2 is 1.62 bits per heavy atom. The summed E-state index contributed by atoms with van der Waals surface area (Å²) in [5, 5.41) is 12.3. The van der Waals surface area contributed by atoms with Crippen LogP contribution in [-0.2, 0) is 18.9 Å². The lowest BCUT2D eigenvalue weighted by atomic mass is 9.94. The third kappa shape index (κ3) is 5.78. The van der Waals surface area contributed by atoms with E-state index in [9.17, 15) is 35.5 Å². The number of hydrogen-bond acceptors (Lipinski definition) is 3. The normalized spacial score (nSPS) is 18.3. The first-order valence-corrected chi connectivity index (χ1v) is 10.0. The van der Waals surface area contributed by atoms with Crippen molar-refractivity contribution in [1.82, 2.24) is 9.80 Å². The standard InChI is InChI=1S/C22H20F7N3O2/c1-31(12-13-8-15(21(24,25)26)10-16(9-13)22(27,28)29)20(33)32-7-6-18(30-34)11-19(32)14-2-4-17(23)5-3-14/h2-5,8-10,19,34H,6-7,11-12H2,1H3/b30-18+/t19-/m1/s1. The second kappa shape index (κ2) is 9.51. The van der Waals surface area contributed by atoms with Crippen molar-refractivity contribution in [2.45, 2.75) is 37.8 Å². The number of carbonyl (C=O) groups excluding carboxylic acids is 1. The monoisotopic (exact) mass is 491 g/mol. The Hall–Kier alpha value is -3.31. The van der Waals surface area contributed by atoms with Crippen molar-refractivity contribution in [2.75, 3.05) is 13.6 Å². The SMILES string of the molecule is CN(Cc1cc(C(F)(F)F)cc(C(F)(F)F)c1)C(=O)N1CC/C(=N\O)C[C@@H]1c1ccc(F)cc1. The average Bonchev–Trinajstić information content (AvgIpc) is 2.77. The third-order valence-corrected chi connectivity index (χ3v) is 5.48. The highest BCUT2D eigenvalue weighted by Crippen LogP contribution is 2.37. The molecule has 0 spiro atoms. The lowest BCUT2D eigenvalue weighted by Gasteiger charge is -2.38. The first-order valence-electron chi connectivity index (χ1n) is 10.0. The molecule has 1 N–H and O–H groups in total. The van der Waals surface area contributed by atoms with Crippen molar-refractivity contribution in [3.8, 4) is 0 Å². The first-order chi connectivity index (χ1) is 15.8. The highest BCUT2D eigenvalue weighted by Gasteiger charge is 2.37. The van der Waals surface area contributed by atoms with Gasteiger partial charge in [-0.1, -0.05) is 17.3 Å². The highest BCUT2D eigenvalue weighted by molar-refractivity contribution is 5.87. The number of piperidine rings is 1. The predicted octanol–water partition coefficient (Wildman–Crippen LogP) is 6.08. The molecule has 0 aromatic heterocycles. The molecule has 0 radical (unpaired) electrons. The molecule has 5 nitrogen and oxygen atoms in total. The first kappa shape index (κ1) is 25.3. The predicted molar refractivity (Wildman–Crippen MR) is 108 cm³/mol. The lowest BCUT2D eigenvalue weighted by Crippen LogP contribution is -2.47. The number of likely N-dealkylation sites (tertiary alicyclic amines) is 1. The zero-order valence-corrected chi connectivity index (χ0v) is 17.8. The summed E-state index contributed by atoms with van der Waals surface area (Å²) in [5.74, 6) is -0.504. The maximum atomic E-state index is 13.3. The minimum Gasteiger partial charge on any atom is -0.411 e. The number of carbonyl (C=O) groups is 1. The van der Waals surface area contributed by atoms with E-state index in [0.29, 0.717) is 23.4 Å². The summed E-state index contributed by atoms with van der Waals surface area (Å²) in [5.41, 5.74) is -2.35. The van der Waals surface area contributed by atoms with Crippen LogP contribution in [0.15, 0.2) is 47.6 Å². The number of hydrogen-bond donors (Lipinski definition) is 1. The Morgan fingerprint density at radius 1 is 1.06 bits per heavy atom. The summed E-state index contributed by atoms with van der Waals surface area (Å²) in [4.78, 5) is 15.5. The maximum Gasteiger partial charge on any atom is 0.416 e. The number of alkyl halides is 6. The minimum absolute atomic E-state index is 0.0241. The summed E-state index contributed by atoms with van der Waals surface area (Å²) in [6.45, 7) is -0.430. The molecule has 1 saturated heterocycles. The minimum atomic E-state index is -5.00. The van der Waals surface area contributed by atoms with Crippen LogP contribution in [0, 0.1) is 5.82 Å². The van der Waals surface area contributed by atoms with Gasteiger partial charge >= 0.3 is 18.4 Å². The van der Waals surface area contributed by atoms with Crippen molar-refractivity contribution < 1.29 is 40.7 Å². The van der Waals surface area contributed by atoms with Crippen LogP contribution in [0.2, 0.25) is 0 Å². The number of nitrogens with zero attached hydrogens (tertiary/aromatic N) is 3. The van der Waals surface area contributed by atoms with Crippen LogP contribution in [-0.4, -0.2) is 40.3 Å². The molecule has 1 aliphatic rings. The van der Waals surface area contributed by atoms with Gasteiger partial charge in [0.25, 0.3) is 0 Å². The van der Waals surface area contributed by atoms with E-state index < -0.39 is 47.9 Å². The highest BCUT2D eigenvalue weighted by atomic mass is 19.4. The van der Waals surface area contributed by atoms with E-state index in [1.165, 1.54) is 36.2 Å². The Balaban J connectivity index is 1.88. The molecule has 34 heavy (non-hydrogen) atoms. The Labute approximate surface area is 190 Å². The van der Waals surface area contributed by atoms with Crippen LogP contribution in [0.1, 0.15) is 41.1 Å². The van der Waals surface area contributed by atoms with Gasteiger partial charge in [-0.15, -0.1) is 0 Å². The van der Waals surface area contributed by atoms with Crippen LogP contribution in [0.4, 0.5) is 35.5 Å². The molecular formula is C22H20F7N3O2. The van der Waals surface area contributed by atoms with Gasteiger partial charge in [0.15, 0.2) is 0 Å². The zero-order chi connectivity index (χ0) is 25.3. The van der Waals surface area contributed by atoms with Crippen molar-refractivity contribution in [3.63, 3.8) is 0 Å². The fourth-order valence-electron chi connectivity index (χ4n) is 3.81. The summed E-state index contributed by atoms with van der Waals surface area (Å²) < 4.78 is 92.2. The van der Waals surface area contributed by atoms with Gasteiger partial charge in [0.1, 0.15) is 5.82 Å². The van der Waals surface area contributed by atoms with Gasteiger partial charge in [-0.25, -0.2) is 9.18 Å². The molecule has 12 heteroatoms. The molecule has 1 aliphatic heterocycles. The molecule has 0 aliphatic carbocycles. The van der Waals surface area contributed by atoms with E-state index in [2.05, 4.69) is 5.16 Å². The van der Waals surface area contributed by atoms with Crippen molar-refractivity contribution >= 4 is 11.7 Å². The van der Waals surface area contributed by atoms with Gasteiger partial charge in [0.05, 0.1) is 22.9 Å². The number of urea groups is 1. The molecule has 0 unspecified atom stereocenters. The van der Waals surface area contributed by atoms with Crippen molar-refractivity contribution in [2.24, 2.45) is 5.16 Å². The van der Waals surface area contributed by atoms with Gasteiger partial charge in [-0.3, -0.25) is 0 Å². The van der Waals surface area contributed by atoms with Crippen LogP contribution >= 0.6 is 0 Å². The number of rotatable bonds is 3. The van der Waals surface area contributed by atoms with Crippen LogP contribution in [0.3, 0.4) is 0 Å². The molecule has 2 aromatic rings. The second-order valence-corrected chi connectivity index (χ2v) is 7.93. The zero-order valence-electron chi connectivity index (χ0n) is 17.8. The van der Waals surface area contributed by atoms with Crippen molar-refractivity contribution in [1.29, 1.82) is 0 Å². The maximum absolute atomic E-state index is 13.3. The summed E-state index contributed by atoms with van der Waals surface area (Å²) in [7, 11) is 1.26. The van der Waals surface area contributed by atoms with Crippen LogP contribution in [0.25, 0.3) is 0 Å². The van der Waals surface area contributed by atoms with Gasteiger partial charge in [0, 0.05) is 33.0 Å². The van der Waals surface area contributed by atoms with E-state index in [-0.39, 0.29) is 31.0 Å². The summed E-state index contributed by atoms with van der Waals surface area (Å²) in [6, 6.07) is 5.12.